The van der Waals surface area contributed by atoms with Crippen molar-refractivity contribution in [2.45, 2.75) is 25.8 Å². The standard InChI is InChI=1S/C21H25N3O3.C2H2O4/c25-21(14-22-13-16-8-9-19-20(12-16)27-15-26-19)23-17-6-2-3-7-18(17)24-10-4-1-5-11-24;3-1(4)2(5)6/h2-3,6-9,12,22H,1,4-5,10-11,13-15H2,(H,23,25);(H,3,4)(H,5,6). The number of amides is 1. The van der Waals surface area contributed by atoms with Crippen LogP contribution in [0.3, 0.4) is 0 Å². The molecule has 1 saturated heterocycles. The Balaban J connectivity index is 0.000000454. The van der Waals surface area contributed by atoms with Gasteiger partial charge >= 0.3 is 11.9 Å². The SMILES string of the molecule is O=C(CNCc1ccc2c(c1)OCO2)Nc1ccccc1N1CCCCC1.O=C(O)C(=O)O. The minimum atomic E-state index is -1.82. The predicted molar refractivity (Wildman–Crippen MR) is 121 cm³/mol. The van der Waals surface area contributed by atoms with Crippen LogP contribution in [0.15, 0.2) is 42.5 Å². The van der Waals surface area contributed by atoms with E-state index in [1.807, 2.05) is 36.4 Å². The molecule has 2 aliphatic rings. The molecule has 4 rings (SSSR count). The van der Waals surface area contributed by atoms with E-state index in [1.165, 1.54) is 19.3 Å². The number of hydrogen-bond donors (Lipinski definition) is 4. The quantitative estimate of drug-likeness (QED) is 0.481. The second-order valence-electron chi connectivity index (χ2n) is 7.51. The third-order valence-corrected chi connectivity index (χ3v) is 5.11. The van der Waals surface area contributed by atoms with E-state index in [1.54, 1.807) is 0 Å². The van der Waals surface area contributed by atoms with Gasteiger partial charge in [0.25, 0.3) is 0 Å². The van der Waals surface area contributed by atoms with E-state index < -0.39 is 11.9 Å². The lowest BCUT2D eigenvalue weighted by molar-refractivity contribution is -0.159. The van der Waals surface area contributed by atoms with Crippen molar-refractivity contribution in [3.05, 3.63) is 48.0 Å². The zero-order valence-electron chi connectivity index (χ0n) is 18.1. The van der Waals surface area contributed by atoms with Gasteiger partial charge in [0.05, 0.1) is 17.9 Å². The fourth-order valence-corrected chi connectivity index (χ4v) is 3.56. The van der Waals surface area contributed by atoms with Gasteiger partial charge in [0, 0.05) is 19.6 Å². The molecule has 0 radical (unpaired) electrons. The van der Waals surface area contributed by atoms with Gasteiger partial charge in [0.15, 0.2) is 11.5 Å². The molecule has 0 spiro atoms. The number of benzene rings is 2. The highest BCUT2D eigenvalue weighted by molar-refractivity contribution is 6.27. The molecule has 0 atom stereocenters. The molecule has 0 unspecified atom stereocenters. The second-order valence-corrected chi connectivity index (χ2v) is 7.51. The van der Waals surface area contributed by atoms with Crippen molar-refractivity contribution in [1.82, 2.24) is 5.32 Å². The lowest BCUT2D eigenvalue weighted by Gasteiger charge is -2.30. The Bertz CT molecular complexity index is 978. The number of ether oxygens (including phenoxy) is 2. The van der Waals surface area contributed by atoms with Crippen LogP contribution in [0.2, 0.25) is 0 Å². The van der Waals surface area contributed by atoms with Gasteiger partial charge in [-0.25, -0.2) is 9.59 Å². The Kier molecular flexibility index (Phi) is 8.48. The van der Waals surface area contributed by atoms with Gasteiger partial charge in [-0.05, 0) is 49.1 Å². The number of anilines is 2. The molecule has 2 aliphatic heterocycles. The van der Waals surface area contributed by atoms with Gasteiger partial charge in [-0.15, -0.1) is 0 Å². The van der Waals surface area contributed by atoms with E-state index in [4.69, 9.17) is 29.3 Å². The normalized spacial score (nSPS) is 14.1. The number of piperidine rings is 1. The van der Waals surface area contributed by atoms with Crippen LogP contribution < -0.4 is 25.0 Å². The van der Waals surface area contributed by atoms with Crippen molar-refractivity contribution in [3.8, 4) is 11.5 Å². The molecule has 1 amide bonds. The number of hydrogen-bond acceptors (Lipinski definition) is 7. The largest absolute Gasteiger partial charge is 0.473 e. The Labute approximate surface area is 191 Å². The number of nitrogens with zero attached hydrogens (tertiary/aromatic N) is 1. The molecular formula is C23H27N3O7. The fourth-order valence-electron chi connectivity index (χ4n) is 3.56. The van der Waals surface area contributed by atoms with E-state index in [9.17, 15) is 4.79 Å². The van der Waals surface area contributed by atoms with Crippen molar-refractivity contribution >= 4 is 29.2 Å². The molecular weight excluding hydrogens is 430 g/mol. The Morgan fingerprint density at radius 2 is 1.61 bits per heavy atom. The van der Waals surface area contributed by atoms with Crippen LogP contribution in [-0.2, 0) is 20.9 Å². The third-order valence-electron chi connectivity index (χ3n) is 5.11. The fraction of sp³-hybridized carbons (Fsp3) is 0.348. The summed E-state index contributed by atoms with van der Waals surface area (Å²) < 4.78 is 10.7. The number of carbonyl (C=O) groups is 3. The number of carbonyl (C=O) groups excluding carboxylic acids is 1. The van der Waals surface area contributed by atoms with Crippen molar-refractivity contribution in [2.24, 2.45) is 0 Å². The first-order valence-electron chi connectivity index (χ1n) is 10.6. The first-order chi connectivity index (χ1) is 15.9. The lowest BCUT2D eigenvalue weighted by atomic mass is 10.1. The number of rotatable bonds is 6. The number of nitrogens with one attached hydrogen (secondary N) is 2. The smallest absolute Gasteiger partial charge is 0.414 e. The molecule has 2 aromatic rings. The summed E-state index contributed by atoms with van der Waals surface area (Å²) in [7, 11) is 0. The van der Waals surface area contributed by atoms with Crippen molar-refractivity contribution in [1.29, 1.82) is 0 Å². The molecule has 0 aliphatic carbocycles. The zero-order valence-corrected chi connectivity index (χ0v) is 18.1. The highest BCUT2D eigenvalue weighted by atomic mass is 16.7. The van der Waals surface area contributed by atoms with Crippen LogP contribution in [0.4, 0.5) is 11.4 Å². The van der Waals surface area contributed by atoms with Gasteiger partial charge in [-0.1, -0.05) is 18.2 Å². The minimum absolute atomic E-state index is 0.0415. The summed E-state index contributed by atoms with van der Waals surface area (Å²) in [5.74, 6) is -2.16. The van der Waals surface area contributed by atoms with Gasteiger partial charge in [0.2, 0.25) is 12.7 Å². The maximum absolute atomic E-state index is 12.4. The van der Waals surface area contributed by atoms with Crippen molar-refractivity contribution in [3.63, 3.8) is 0 Å². The third kappa shape index (κ3) is 7.11. The van der Waals surface area contributed by atoms with Crippen molar-refractivity contribution in [2.75, 3.05) is 36.6 Å². The van der Waals surface area contributed by atoms with Crippen LogP contribution in [-0.4, -0.2) is 54.5 Å². The number of carboxylic acid groups (broad SMARTS) is 2. The van der Waals surface area contributed by atoms with Crippen LogP contribution in [0.25, 0.3) is 0 Å². The molecule has 2 heterocycles. The van der Waals surface area contributed by atoms with E-state index in [-0.39, 0.29) is 19.2 Å². The first kappa shape index (κ1) is 23.9. The Morgan fingerprint density at radius 3 is 2.33 bits per heavy atom. The number of fused-ring (bicyclic) bond motifs is 1. The minimum Gasteiger partial charge on any atom is -0.473 e. The number of para-hydroxylation sites is 2. The maximum atomic E-state index is 12.4. The first-order valence-corrected chi connectivity index (χ1v) is 10.6. The monoisotopic (exact) mass is 457 g/mol. The molecule has 0 bridgehead atoms. The van der Waals surface area contributed by atoms with Crippen LogP contribution >= 0.6 is 0 Å². The molecule has 33 heavy (non-hydrogen) atoms. The molecule has 0 aromatic heterocycles. The van der Waals surface area contributed by atoms with E-state index in [2.05, 4.69) is 21.6 Å². The summed E-state index contributed by atoms with van der Waals surface area (Å²) in [5, 5.41) is 21.0. The molecule has 176 valence electrons. The van der Waals surface area contributed by atoms with Gasteiger partial charge in [0.1, 0.15) is 0 Å². The molecule has 1 fully saturated rings. The maximum Gasteiger partial charge on any atom is 0.414 e. The summed E-state index contributed by atoms with van der Waals surface area (Å²) in [6.45, 7) is 3.22. The highest BCUT2D eigenvalue weighted by Crippen LogP contribution is 2.32. The highest BCUT2D eigenvalue weighted by Gasteiger charge is 2.16. The van der Waals surface area contributed by atoms with Crippen LogP contribution in [0, 0.1) is 0 Å². The van der Waals surface area contributed by atoms with Gasteiger partial charge < -0.3 is 35.2 Å². The predicted octanol–water partition coefficient (Wildman–Crippen LogP) is 2.29. The average Bonchev–Trinajstić information content (AvgIpc) is 3.28. The molecule has 4 N–H and O–H groups in total. The van der Waals surface area contributed by atoms with Gasteiger partial charge in [-0.3, -0.25) is 4.79 Å². The summed E-state index contributed by atoms with van der Waals surface area (Å²) >= 11 is 0. The van der Waals surface area contributed by atoms with E-state index in [0.29, 0.717) is 6.54 Å². The van der Waals surface area contributed by atoms with Crippen LogP contribution in [0.1, 0.15) is 24.8 Å². The number of aliphatic carboxylic acids is 2. The molecule has 10 heteroatoms. The van der Waals surface area contributed by atoms with Gasteiger partial charge in [-0.2, -0.15) is 0 Å². The summed E-state index contributed by atoms with van der Waals surface area (Å²) in [5.41, 5.74) is 3.05. The summed E-state index contributed by atoms with van der Waals surface area (Å²) in [4.78, 5) is 32.9. The average molecular weight is 457 g/mol. The van der Waals surface area contributed by atoms with E-state index in [0.717, 1.165) is 41.5 Å². The lowest BCUT2D eigenvalue weighted by Crippen LogP contribution is -2.32. The number of carboxylic acids is 2. The van der Waals surface area contributed by atoms with Crippen molar-refractivity contribution < 1.29 is 34.1 Å². The van der Waals surface area contributed by atoms with E-state index >= 15 is 0 Å². The Morgan fingerprint density at radius 1 is 0.909 bits per heavy atom. The Hall–Kier alpha value is -3.79. The topological polar surface area (TPSA) is 137 Å². The molecule has 2 aromatic carbocycles. The summed E-state index contributed by atoms with van der Waals surface area (Å²) in [6, 6.07) is 13.9. The molecule has 10 nitrogen and oxygen atoms in total. The molecule has 0 saturated carbocycles. The van der Waals surface area contributed by atoms with Crippen LogP contribution in [0.5, 0.6) is 11.5 Å². The zero-order chi connectivity index (χ0) is 23.6. The summed E-state index contributed by atoms with van der Waals surface area (Å²) in [6.07, 6.45) is 3.70. The second kappa shape index (κ2) is 11.7.